The van der Waals surface area contributed by atoms with Gasteiger partial charge in [0.25, 0.3) is 0 Å². The molecule has 0 unspecified atom stereocenters. The minimum atomic E-state index is -0.418. The van der Waals surface area contributed by atoms with Crippen molar-refractivity contribution in [3.05, 3.63) is 12.2 Å². The highest BCUT2D eigenvalue weighted by Gasteiger charge is 2.14. The van der Waals surface area contributed by atoms with E-state index in [1.807, 2.05) is 39.8 Å². The molecule has 0 atom stereocenters. The third kappa shape index (κ3) is 8.92. The van der Waals surface area contributed by atoms with Crippen molar-refractivity contribution in [3.8, 4) is 0 Å². The first-order chi connectivity index (χ1) is 5.95. The van der Waals surface area contributed by atoms with Crippen LogP contribution in [0.2, 0.25) is 0 Å². The first-order valence-corrected chi connectivity index (χ1v) is 4.57. The molecule has 0 rings (SSSR count). The average Bonchev–Trinajstić information content (AvgIpc) is 1.94. The van der Waals surface area contributed by atoms with Crippen LogP contribution >= 0.6 is 0 Å². The zero-order chi connectivity index (χ0) is 10.3. The van der Waals surface area contributed by atoms with Crippen molar-refractivity contribution in [1.29, 1.82) is 0 Å². The van der Waals surface area contributed by atoms with Crippen LogP contribution in [0, 0.1) is 0 Å². The van der Waals surface area contributed by atoms with Gasteiger partial charge in [-0.15, -0.1) is 0 Å². The fourth-order valence-electron chi connectivity index (χ4n) is 0.706. The van der Waals surface area contributed by atoms with Gasteiger partial charge in [0.2, 0.25) is 0 Å². The Balaban J connectivity index is 3.58. The fourth-order valence-corrected chi connectivity index (χ4v) is 0.706. The monoisotopic (exact) mass is 185 g/mol. The Morgan fingerprint density at radius 2 is 2.00 bits per heavy atom. The van der Waals surface area contributed by atoms with E-state index < -0.39 is 5.60 Å². The highest BCUT2D eigenvalue weighted by Crippen LogP contribution is 2.05. The van der Waals surface area contributed by atoms with Crippen LogP contribution in [0.4, 0.5) is 4.79 Å². The van der Waals surface area contributed by atoms with Crippen molar-refractivity contribution in [2.75, 3.05) is 6.54 Å². The molecule has 0 saturated heterocycles. The predicted molar refractivity (Wildman–Crippen MR) is 53.7 cm³/mol. The lowest BCUT2D eigenvalue weighted by molar-refractivity contribution is 0.0534. The maximum absolute atomic E-state index is 11.1. The largest absolute Gasteiger partial charge is 0.444 e. The number of amides is 1. The molecule has 1 N–H and O–H groups in total. The smallest absolute Gasteiger partial charge is 0.407 e. The van der Waals surface area contributed by atoms with Crippen molar-refractivity contribution < 1.29 is 9.53 Å². The lowest BCUT2D eigenvalue weighted by atomic mass is 10.2. The third-order valence-electron chi connectivity index (χ3n) is 1.17. The molecule has 0 spiro atoms. The van der Waals surface area contributed by atoms with E-state index in [1.54, 1.807) is 0 Å². The maximum Gasteiger partial charge on any atom is 0.407 e. The number of nitrogens with one attached hydrogen (secondary N) is 1. The van der Waals surface area contributed by atoms with E-state index in [0.29, 0.717) is 6.54 Å². The number of rotatable bonds is 3. The van der Waals surface area contributed by atoms with Gasteiger partial charge in [-0.05, 0) is 27.2 Å². The molecule has 0 radical (unpaired) electrons. The van der Waals surface area contributed by atoms with Crippen LogP contribution in [0.3, 0.4) is 0 Å². The summed E-state index contributed by atoms with van der Waals surface area (Å²) in [4.78, 5) is 11.1. The molecule has 0 aliphatic rings. The van der Waals surface area contributed by atoms with E-state index in [0.717, 1.165) is 6.42 Å². The van der Waals surface area contributed by atoms with Crippen molar-refractivity contribution in [1.82, 2.24) is 5.32 Å². The molecular formula is C10H19NO2. The first kappa shape index (κ1) is 12.0. The Hall–Kier alpha value is -0.990. The minimum absolute atomic E-state index is 0.367. The Labute approximate surface area is 80.2 Å². The Bertz CT molecular complexity index is 180. The second-order valence-corrected chi connectivity index (χ2v) is 3.76. The second kappa shape index (κ2) is 5.62. The lowest BCUT2D eigenvalue weighted by Crippen LogP contribution is -2.32. The summed E-state index contributed by atoms with van der Waals surface area (Å²) in [5, 5.41) is 2.63. The molecule has 3 nitrogen and oxygen atoms in total. The number of ether oxygens (including phenoxy) is 1. The van der Waals surface area contributed by atoms with Crippen molar-refractivity contribution in [3.63, 3.8) is 0 Å². The number of carbonyl (C=O) groups excluding carboxylic acids is 1. The summed E-state index contributed by atoms with van der Waals surface area (Å²) in [6, 6.07) is 0. The topological polar surface area (TPSA) is 38.3 Å². The average molecular weight is 185 g/mol. The van der Waals surface area contributed by atoms with Crippen LogP contribution in [0.1, 0.15) is 34.1 Å². The van der Waals surface area contributed by atoms with E-state index in [4.69, 9.17) is 4.74 Å². The van der Waals surface area contributed by atoms with Crippen molar-refractivity contribution >= 4 is 6.09 Å². The summed E-state index contributed by atoms with van der Waals surface area (Å²) in [6.45, 7) is 8.10. The van der Waals surface area contributed by atoms with Gasteiger partial charge in [0, 0.05) is 6.54 Å². The van der Waals surface area contributed by atoms with Crippen LogP contribution in [-0.4, -0.2) is 18.2 Å². The van der Waals surface area contributed by atoms with Crippen LogP contribution in [0.15, 0.2) is 12.2 Å². The van der Waals surface area contributed by atoms with Crippen molar-refractivity contribution in [2.24, 2.45) is 0 Å². The highest BCUT2D eigenvalue weighted by atomic mass is 16.6. The van der Waals surface area contributed by atoms with Crippen molar-refractivity contribution in [2.45, 2.75) is 39.7 Å². The molecule has 0 aromatic rings. The zero-order valence-corrected chi connectivity index (χ0v) is 8.89. The van der Waals surface area contributed by atoms with Gasteiger partial charge in [0.1, 0.15) is 5.60 Å². The molecule has 1 amide bonds. The molecule has 0 aliphatic carbocycles. The van der Waals surface area contributed by atoms with Gasteiger partial charge in [-0.2, -0.15) is 0 Å². The van der Waals surface area contributed by atoms with Gasteiger partial charge in [-0.1, -0.05) is 19.1 Å². The molecular weight excluding hydrogens is 166 g/mol. The molecule has 0 heterocycles. The van der Waals surface area contributed by atoms with E-state index in [2.05, 4.69) is 5.32 Å². The van der Waals surface area contributed by atoms with Crippen LogP contribution < -0.4 is 5.32 Å². The molecule has 0 saturated carbocycles. The summed E-state index contributed by atoms with van der Waals surface area (Å²) in [5.74, 6) is 0. The Morgan fingerprint density at radius 3 is 2.46 bits per heavy atom. The predicted octanol–water partition coefficient (Wildman–Crippen LogP) is 2.48. The number of allylic oxidation sites excluding steroid dienone is 1. The van der Waals surface area contributed by atoms with Gasteiger partial charge in [0.05, 0.1) is 0 Å². The summed E-state index contributed by atoms with van der Waals surface area (Å²) >= 11 is 0. The highest BCUT2D eigenvalue weighted by molar-refractivity contribution is 5.67. The Morgan fingerprint density at radius 1 is 1.38 bits per heavy atom. The summed E-state index contributed by atoms with van der Waals surface area (Å²) < 4.78 is 5.03. The molecule has 0 aromatic carbocycles. The van der Waals surface area contributed by atoms with Gasteiger partial charge >= 0.3 is 6.09 Å². The second-order valence-electron chi connectivity index (χ2n) is 3.76. The molecule has 0 aliphatic heterocycles. The maximum atomic E-state index is 11.1. The SMILES string of the molecule is CC/C=C/CNC(=O)OC(C)(C)C. The molecule has 0 bridgehead atoms. The Kier molecular flexibility index (Phi) is 5.19. The summed E-state index contributed by atoms with van der Waals surface area (Å²) in [6.07, 6.45) is 4.52. The van der Waals surface area contributed by atoms with Crippen LogP contribution in [0.25, 0.3) is 0 Å². The molecule has 3 heteroatoms. The quantitative estimate of drug-likeness (QED) is 0.686. The summed E-state index contributed by atoms with van der Waals surface area (Å²) in [7, 11) is 0. The molecule has 76 valence electrons. The van der Waals surface area contributed by atoms with E-state index in [1.165, 1.54) is 0 Å². The summed E-state index contributed by atoms with van der Waals surface area (Å²) in [5.41, 5.74) is -0.418. The van der Waals surface area contributed by atoms with E-state index in [-0.39, 0.29) is 6.09 Å². The molecule has 0 aromatic heterocycles. The number of alkyl carbamates (subject to hydrolysis) is 1. The van der Waals surface area contributed by atoms with Crippen LogP contribution in [-0.2, 0) is 4.74 Å². The third-order valence-corrected chi connectivity index (χ3v) is 1.17. The molecule has 0 fully saturated rings. The lowest BCUT2D eigenvalue weighted by Gasteiger charge is -2.19. The fraction of sp³-hybridized carbons (Fsp3) is 0.700. The van der Waals surface area contributed by atoms with Gasteiger partial charge in [0.15, 0.2) is 0 Å². The van der Waals surface area contributed by atoms with Gasteiger partial charge < -0.3 is 10.1 Å². The normalized spacial score (nSPS) is 11.7. The molecule has 13 heavy (non-hydrogen) atoms. The van der Waals surface area contributed by atoms with Gasteiger partial charge in [-0.25, -0.2) is 4.79 Å². The van der Waals surface area contributed by atoms with Crippen LogP contribution in [0.5, 0.6) is 0 Å². The number of carbonyl (C=O) groups is 1. The standard InChI is InChI=1S/C10H19NO2/c1-5-6-7-8-11-9(12)13-10(2,3)4/h6-7H,5,8H2,1-4H3,(H,11,12)/b7-6+. The van der Waals surface area contributed by atoms with E-state index in [9.17, 15) is 4.79 Å². The minimum Gasteiger partial charge on any atom is -0.444 e. The van der Waals surface area contributed by atoms with Gasteiger partial charge in [-0.3, -0.25) is 0 Å². The number of hydrogen-bond acceptors (Lipinski definition) is 2. The zero-order valence-electron chi connectivity index (χ0n) is 8.89. The van der Waals surface area contributed by atoms with E-state index >= 15 is 0 Å². The first-order valence-electron chi connectivity index (χ1n) is 4.57. The number of hydrogen-bond donors (Lipinski definition) is 1.